The van der Waals surface area contributed by atoms with E-state index in [1.54, 1.807) is 18.3 Å². The van der Waals surface area contributed by atoms with Gasteiger partial charge in [0.05, 0.1) is 4.47 Å². The number of nitrogens with zero attached hydrogens (tertiary/aromatic N) is 1. The van der Waals surface area contributed by atoms with Gasteiger partial charge in [0.2, 0.25) is 0 Å². The number of halogens is 2. The average molecular weight is 328 g/mol. The zero-order chi connectivity index (χ0) is 13.0. The van der Waals surface area contributed by atoms with Gasteiger partial charge in [-0.2, -0.15) is 0 Å². The number of aromatic nitrogens is 1. The van der Waals surface area contributed by atoms with Gasteiger partial charge >= 0.3 is 0 Å². The molecule has 0 spiro atoms. The number of hydrogen-bond donors (Lipinski definition) is 1. The van der Waals surface area contributed by atoms with Crippen molar-refractivity contribution in [2.24, 2.45) is 0 Å². The first-order chi connectivity index (χ1) is 8.69. The Morgan fingerprint density at radius 3 is 2.89 bits per heavy atom. The standard InChI is InChI=1S/C13H12BrClN2O/c1-2-16-13-8-10(5-6-17-13)18-12-4-3-9(15)7-11(12)14/h3-8H,2H2,1H3,(H,16,17). The van der Waals surface area contributed by atoms with Crippen LogP contribution in [-0.2, 0) is 0 Å². The lowest BCUT2D eigenvalue weighted by atomic mass is 10.3. The lowest BCUT2D eigenvalue weighted by Crippen LogP contribution is -1.98. The second-order valence-corrected chi connectivity index (χ2v) is 4.87. The van der Waals surface area contributed by atoms with Crippen molar-refractivity contribution in [2.75, 3.05) is 11.9 Å². The maximum Gasteiger partial charge on any atom is 0.141 e. The predicted octanol–water partition coefficient (Wildman–Crippen LogP) is 4.72. The van der Waals surface area contributed by atoms with E-state index in [9.17, 15) is 0 Å². The third-order valence-electron chi connectivity index (χ3n) is 2.21. The molecule has 1 N–H and O–H groups in total. The lowest BCUT2D eigenvalue weighted by molar-refractivity contribution is 0.479. The molecule has 2 aromatic rings. The van der Waals surface area contributed by atoms with E-state index in [2.05, 4.69) is 26.2 Å². The van der Waals surface area contributed by atoms with Crippen LogP contribution in [0.5, 0.6) is 11.5 Å². The van der Waals surface area contributed by atoms with E-state index in [0.717, 1.165) is 22.6 Å². The summed E-state index contributed by atoms with van der Waals surface area (Å²) in [5.41, 5.74) is 0. The van der Waals surface area contributed by atoms with Gasteiger partial charge in [0, 0.05) is 23.8 Å². The van der Waals surface area contributed by atoms with Crippen molar-refractivity contribution in [3.05, 3.63) is 46.0 Å². The molecule has 0 amide bonds. The van der Waals surface area contributed by atoms with Crippen LogP contribution in [0, 0.1) is 0 Å². The summed E-state index contributed by atoms with van der Waals surface area (Å²) in [6.45, 7) is 2.84. The Kier molecular flexibility index (Phi) is 4.44. The summed E-state index contributed by atoms with van der Waals surface area (Å²) in [4.78, 5) is 4.18. The van der Waals surface area contributed by atoms with Crippen LogP contribution in [0.4, 0.5) is 5.82 Å². The van der Waals surface area contributed by atoms with Crippen molar-refractivity contribution in [3.8, 4) is 11.5 Å². The molecule has 1 heterocycles. The molecule has 0 saturated carbocycles. The molecule has 18 heavy (non-hydrogen) atoms. The summed E-state index contributed by atoms with van der Waals surface area (Å²) in [5, 5.41) is 3.80. The fourth-order valence-corrected chi connectivity index (χ4v) is 2.20. The van der Waals surface area contributed by atoms with Crippen molar-refractivity contribution >= 4 is 33.3 Å². The average Bonchev–Trinajstić information content (AvgIpc) is 2.34. The molecule has 0 aliphatic rings. The number of anilines is 1. The van der Waals surface area contributed by atoms with E-state index in [-0.39, 0.29) is 0 Å². The fourth-order valence-electron chi connectivity index (χ4n) is 1.44. The normalized spacial score (nSPS) is 10.2. The van der Waals surface area contributed by atoms with Gasteiger partial charge in [-0.05, 0) is 47.1 Å². The molecule has 0 aliphatic heterocycles. The van der Waals surface area contributed by atoms with E-state index < -0.39 is 0 Å². The Hall–Kier alpha value is -1.26. The summed E-state index contributed by atoms with van der Waals surface area (Å²) in [5.74, 6) is 2.23. The van der Waals surface area contributed by atoms with Crippen LogP contribution >= 0.6 is 27.5 Å². The molecule has 0 atom stereocenters. The van der Waals surface area contributed by atoms with Crippen LogP contribution in [0.3, 0.4) is 0 Å². The smallest absolute Gasteiger partial charge is 0.141 e. The van der Waals surface area contributed by atoms with Crippen molar-refractivity contribution in [1.82, 2.24) is 4.98 Å². The second-order valence-electron chi connectivity index (χ2n) is 3.58. The minimum atomic E-state index is 0.664. The highest BCUT2D eigenvalue weighted by Gasteiger charge is 2.04. The molecule has 0 radical (unpaired) electrons. The van der Waals surface area contributed by atoms with Gasteiger partial charge in [-0.15, -0.1) is 0 Å². The summed E-state index contributed by atoms with van der Waals surface area (Å²) < 4.78 is 6.58. The number of ether oxygens (including phenoxy) is 1. The summed E-state index contributed by atoms with van der Waals surface area (Å²) in [6.07, 6.45) is 1.71. The van der Waals surface area contributed by atoms with Crippen LogP contribution < -0.4 is 10.1 Å². The number of benzene rings is 1. The van der Waals surface area contributed by atoms with E-state index >= 15 is 0 Å². The molecule has 0 fully saturated rings. The molecule has 5 heteroatoms. The minimum Gasteiger partial charge on any atom is -0.456 e. The van der Waals surface area contributed by atoms with Crippen molar-refractivity contribution in [1.29, 1.82) is 0 Å². The third-order valence-corrected chi connectivity index (χ3v) is 3.07. The van der Waals surface area contributed by atoms with Crippen molar-refractivity contribution in [2.45, 2.75) is 6.92 Å². The largest absolute Gasteiger partial charge is 0.456 e. The number of pyridine rings is 1. The number of hydrogen-bond acceptors (Lipinski definition) is 3. The molecule has 94 valence electrons. The zero-order valence-electron chi connectivity index (χ0n) is 9.78. The van der Waals surface area contributed by atoms with E-state index in [1.165, 1.54) is 0 Å². The van der Waals surface area contributed by atoms with Crippen LogP contribution in [0.2, 0.25) is 5.02 Å². The van der Waals surface area contributed by atoms with E-state index in [0.29, 0.717) is 10.8 Å². The molecular weight excluding hydrogens is 316 g/mol. The maximum atomic E-state index is 5.88. The van der Waals surface area contributed by atoms with Crippen LogP contribution in [0.25, 0.3) is 0 Å². The Labute approximate surface area is 119 Å². The topological polar surface area (TPSA) is 34.1 Å². The van der Waals surface area contributed by atoms with Gasteiger partial charge in [0.1, 0.15) is 17.3 Å². The molecule has 0 saturated heterocycles. The molecule has 0 aliphatic carbocycles. The number of nitrogens with one attached hydrogen (secondary N) is 1. The van der Waals surface area contributed by atoms with Gasteiger partial charge in [-0.1, -0.05) is 11.6 Å². The summed E-state index contributed by atoms with van der Waals surface area (Å²) in [7, 11) is 0. The molecular formula is C13H12BrClN2O. The molecule has 1 aromatic heterocycles. The first kappa shape index (κ1) is 13.2. The Morgan fingerprint density at radius 2 is 2.17 bits per heavy atom. The first-order valence-corrected chi connectivity index (χ1v) is 6.69. The van der Waals surface area contributed by atoms with E-state index in [4.69, 9.17) is 16.3 Å². The lowest BCUT2D eigenvalue weighted by Gasteiger charge is -2.09. The molecule has 3 nitrogen and oxygen atoms in total. The van der Waals surface area contributed by atoms with Crippen molar-refractivity contribution < 1.29 is 4.74 Å². The van der Waals surface area contributed by atoms with Gasteiger partial charge in [-0.25, -0.2) is 4.98 Å². The van der Waals surface area contributed by atoms with Crippen LogP contribution in [0.1, 0.15) is 6.92 Å². The Balaban J connectivity index is 2.20. The molecule has 0 bridgehead atoms. The second kappa shape index (κ2) is 6.07. The van der Waals surface area contributed by atoms with Crippen LogP contribution in [0.15, 0.2) is 41.0 Å². The zero-order valence-corrected chi connectivity index (χ0v) is 12.1. The predicted molar refractivity (Wildman–Crippen MR) is 77.6 cm³/mol. The third kappa shape index (κ3) is 3.37. The molecule has 2 rings (SSSR count). The monoisotopic (exact) mass is 326 g/mol. The molecule has 1 aromatic carbocycles. The molecule has 0 unspecified atom stereocenters. The van der Waals surface area contributed by atoms with E-state index in [1.807, 2.05) is 25.1 Å². The fraction of sp³-hybridized carbons (Fsp3) is 0.154. The Morgan fingerprint density at radius 1 is 1.33 bits per heavy atom. The maximum absolute atomic E-state index is 5.88. The van der Waals surface area contributed by atoms with Gasteiger partial charge in [-0.3, -0.25) is 0 Å². The van der Waals surface area contributed by atoms with Crippen molar-refractivity contribution in [3.63, 3.8) is 0 Å². The van der Waals surface area contributed by atoms with Gasteiger partial charge in [0.15, 0.2) is 0 Å². The first-order valence-electron chi connectivity index (χ1n) is 5.52. The highest BCUT2D eigenvalue weighted by atomic mass is 79.9. The number of rotatable bonds is 4. The summed E-state index contributed by atoms with van der Waals surface area (Å²) >= 11 is 9.29. The highest BCUT2D eigenvalue weighted by molar-refractivity contribution is 9.10. The van der Waals surface area contributed by atoms with Gasteiger partial charge in [0.25, 0.3) is 0 Å². The minimum absolute atomic E-state index is 0.664. The van der Waals surface area contributed by atoms with Crippen LogP contribution in [-0.4, -0.2) is 11.5 Å². The summed E-state index contributed by atoms with van der Waals surface area (Å²) in [6, 6.07) is 9.06. The van der Waals surface area contributed by atoms with Gasteiger partial charge < -0.3 is 10.1 Å². The SMILES string of the molecule is CCNc1cc(Oc2ccc(Cl)cc2Br)ccn1. The quantitative estimate of drug-likeness (QED) is 0.882. The Bertz CT molecular complexity index is 548. The highest BCUT2D eigenvalue weighted by Crippen LogP contribution is 2.32.